The van der Waals surface area contributed by atoms with Gasteiger partial charge in [-0.2, -0.15) is 4.31 Å². The van der Waals surface area contributed by atoms with Gasteiger partial charge in [0.15, 0.2) is 0 Å². The van der Waals surface area contributed by atoms with Crippen LogP contribution in [0.15, 0.2) is 53.4 Å². The number of nitrogens with two attached hydrogens (primary N) is 1. The normalized spacial score (nSPS) is 17.8. The maximum absolute atomic E-state index is 13.1. The molecule has 148 valence electrons. The van der Waals surface area contributed by atoms with Crippen molar-refractivity contribution in [2.75, 3.05) is 18.4 Å². The summed E-state index contributed by atoms with van der Waals surface area (Å²) in [6, 6.07) is 10.8. The molecule has 0 spiro atoms. The summed E-state index contributed by atoms with van der Waals surface area (Å²) in [5.74, 6) is -1.89. The molecule has 1 aliphatic rings. The number of carbonyl (C=O) groups is 2. The number of carbonyl (C=O) groups excluding carboxylic acids is 2. The van der Waals surface area contributed by atoms with Crippen molar-refractivity contribution in [1.29, 1.82) is 0 Å². The average molecular weight is 405 g/mol. The molecule has 2 amide bonds. The highest BCUT2D eigenvalue weighted by Gasteiger charge is 2.33. The van der Waals surface area contributed by atoms with Crippen molar-refractivity contribution in [3.63, 3.8) is 0 Å². The molecule has 3 N–H and O–H groups in total. The molecule has 1 fully saturated rings. The van der Waals surface area contributed by atoms with Crippen LogP contribution in [-0.4, -0.2) is 37.6 Å². The van der Waals surface area contributed by atoms with Crippen LogP contribution < -0.4 is 11.1 Å². The summed E-state index contributed by atoms with van der Waals surface area (Å²) in [5.41, 5.74) is 6.00. The van der Waals surface area contributed by atoms with Crippen LogP contribution in [0, 0.1) is 11.7 Å². The number of nitrogens with zero attached hydrogens (tertiary/aromatic N) is 1. The molecule has 0 saturated carbocycles. The molecule has 7 nitrogen and oxygen atoms in total. The molecular formula is C19H20FN3O4S. The Bertz CT molecular complexity index is 975. The number of nitrogens with one attached hydrogen (secondary N) is 1. The molecule has 1 atom stereocenters. The van der Waals surface area contributed by atoms with Crippen molar-refractivity contribution < 1.29 is 22.4 Å². The first-order valence-electron chi connectivity index (χ1n) is 8.74. The monoisotopic (exact) mass is 405 g/mol. The number of amides is 2. The zero-order chi connectivity index (χ0) is 20.3. The second-order valence-corrected chi connectivity index (χ2v) is 8.52. The summed E-state index contributed by atoms with van der Waals surface area (Å²) in [7, 11) is -3.80. The Hall–Kier alpha value is -2.78. The van der Waals surface area contributed by atoms with E-state index in [0.29, 0.717) is 30.6 Å². The lowest BCUT2D eigenvalue weighted by molar-refractivity contribution is -0.120. The van der Waals surface area contributed by atoms with E-state index in [1.165, 1.54) is 28.6 Å². The minimum absolute atomic E-state index is 0.00278. The van der Waals surface area contributed by atoms with Gasteiger partial charge in [0, 0.05) is 24.3 Å². The lowest BCUT2D eigenvalue weighted by Crippen LogP contribution is -2.43. The third-order valence-electron chi connectivity index (χ3n) is 4.64. The second kappa shape index (κ2) is 8.07. The first-order chi connectivity index (χ1) is 13.3. The number of sulfonamides is 1. The second-order valence-electron chi connectivity index (χ2n) is 6.59. The summed E-state index contributed by atoms with van der Waals surface area (Å²) in [4.78, 5) is 23.7. The summed E-state index contributed by atoms with van der Waals surface area (Å²) in [5, 5.41) is 2.73. The van der Waals surface area contributed by atoms with E-state index in [0.717, 1.165) is 12.1 Å². The van der Waals surface area contributed by atoms with Crippen LogP contribution in [-0.2, 0) is 14.8 Å². The third-order valence-corrected chi connectivity index (χ3v) is 6.52. The van der Waals surface area contributed by atoms with Crippen molar-refractivity contribution in [2.24, 2.45) is 11.7 Å². The lowest BCUT2D eigenvalue weighted by Gasteiger charge is -2.31. The fourth-order valence-corrected chi connectivity index (χ4v) is 4.62. The molecule has 0 bridgehead atoms. The van der Waals surface area contributed by atoms with Gasteiger partial charge in [-0.3, -0.25) is 9.59 Å². The zero-order valence-corrected chi connectivity index (χ0v) is 15.8. The molecule has 1 saturated heterocycles. The predicted molar refractivity (Wildman–Crippen MR) is 101 cm³/mol. The van der Waals surface area contributed by atoms with E-state index in [4.69, 9.17) is 5.73 Å². The van der Waals surface area contributed by atoms with Crippen molar-refractivity contribution in [1.82, 2.24) is 4.31 Å². The standard InChI is InChI=1S/C19H20FN3O4S/c20-15-5-9-17(10-6-15)28(26,27)23-11-1-2-14(12-23)19(25)22-16-7-3-13(4-8-16)18(21)24/h3-10,14H,1-2,11-12H2,(H2,21,24)(H,22,25). The first-order valence-corrected chi connectivity index (χ1v) is 10.2. The zero-order valence-electron chi connectivity index (χ0n) is 15.0. The van der Waals surface area contributed by atoms with E-state index in [9.17, 15) is 22.4 Å². The summed E-state index contributed by atoms with van der Waals surface area (Å²) in [6.07, 6.45) is 1.10. The van der Waals surface area contributed by atoms with E-state index < -0.39 is 27.7 Å². The van der Waals surface area contributed by atoms with Gasteiger partial charge in [-0.1, -0.05) is 0 Å². The van der Waals surface area contributed by atoms with Gasteiger partial charge in [-0.05, 0) is 61.4 Å². The molecule has 2 aromatic carbocycles. The van der Waals surface area contributed by atoms with E-state index in [1.807, 2.05) is 0 Å². The Labute approximate surface area is 162 Å². The van der Waals surface area contributed by atoms with Gasteiger partial charge in [0.25, 0.3) is 0 Å². The summed E-state index contributed by atoms with van der Waals surface area (Å²) < 4.78 is 39.8. The van der Waals surface area contributed by atoms with Crippen molar-refractivity contribution in [3.05, 3.63) is 59.9 Å². The molecule has 3 rings (SSSR count). The summed E-state index contributed by atoms with van der Waals surface area (Å²) >= 11 is 0. The highest BCUT2D eigenvalue weighted by atomic mass is 32.2. The highest BCUT2D eigenvalue weighted by molar-refractivity contribution is 7.89. The Morgan fingerprint density at radius 3 is 2.32 bits per heavy atom. The summed E-state index contributed by atoms with van der Waals surface area (Å²) in [6.45, 7) is 0.349. The number of hydrogen-bond acceptors (Lipinski definition) is 4. The van der Waals surface area contributed by atoms with Crippen LogP contribution in [0.25, 0.3) is 0 Å². The minimum atomic E-state index is -3.80. The molecule has 2 aromatic rings. The first kappa shape index (κ1) is 20.0. The van der Waals surface area contributed by atoms with Gasteiger partial charge < -0.3 is 11.1 Å². The van der Waals surface area contributed by atoms with Crippen LogP contribution in [0.3, 0.4) is 0 Å². The average Bonchev–Trinajstić information content (AvgIpc) is 2.69. The Morgan fingerprint density at radius 2 is 1.71 bits per heavy atom. The van der Waals surface area contributed by atoms with Gasteiger partial charge >= 0.3 is 0 Å². The topological polar surface area (TPSA) is 110 Å². The van der Waals surface area contributed by atoms with E-state index in [1.54, 1.807) is 12.1 Å². The molecule has 1 unspecified atom stereocenters. The van der Waals surface area contributed by atoms with Gasteiger partial charge in [0.2, 0.25) is 21.8 Å². The molecule has 0 aromatic heterocycles. The maximum Gasteiger partial charge on any atom is 0.248 e. The van der Waals surface area contributed by atoms with Crippen LogP contribution in [0.5, 0.6) is 0 Å². The molecule has 0 aliphatic carbocycles. The fraction of sp³-hybridized carbons (Fsp3) is 0.263. The molecule has 28 heavy (non-hydrogen) atoms. The van der Waals surface area contributed by atoms with Gasteiger partial charge in [-0.15, -0.1) is 0 Å². The Balaban J connectivity index is 1.69. The van der Waals surface area contributed by atoms with E-state index >= 15 is 0 Å². The number of rotatable bonds is 5. The maximum atomic E-state index is 13.1. The molecule has 1 aliphatic heterocycles. The Morgan fingerprint density at radius 1 is 1.07 bits per heavy atom. The number of piperidine rings is 1. The number of hydrogen-bond donors (Lipinski definition) is 2. The van der Waals surface area contributed by atoms with Crippen LogP contribution in [0.4, 0.5) is 10.1 Å². The number of benzene rings is 2. The van der Waals surface area contributed by atoms with Crippen LogP contribution in [0.1, 0.15) is 23.2 Å². The molecular weight excluding hydrogens is 385 g/mol. The van der Waals surface area contributed by atoms with Crippen LogP contribution in [0.2, 0.25) is 0 Å². The van der Waals surface area contributed by atoms with Crippen molar-refractivity contribution >= 4 is 27.5 Å². The van der Waals surface area contributed by atoms with E-state index in [-0.39, 0.29) is 17.3 Å². The van der Waals surface area contributed by atoms with Gasteiger partial charge in [-0.25, -0.2) is 12.8 Å². The largest absolute Gasteiger partial charge is 0.366 e. The smallest absolute Gasteiger partial charge is 0.248 e. The van der Waals surface area contributed by atoms with Gasteiger partial charge in [0.05, 0.1) is 10.8 Å². The SMILES string of the molecule is NC(=O)c1ccc(NC(=O)C2CCCN(S(=O)(=O)c3ccc(F)cc3)C2)cc1. The molecule has 9 heteroatoms. The van der Waals surface area contributed by atoms with Crippen LogP contribution >= 0.6 is 0 Å². The fourth-order valence-electron chi connectivity index (χ4n) is 3.09. The Kier molecular flexibility index (Phi) is 5.76. The van der Waals surface area contributed by atoms with Crippen molar-refractivity contribution in [3.8, 4) is 0 Å². The minimum Gasteiger partial charge on any atom is -0.366 e. The third kappa shape index (κ3) is 4.37. The number of anilines is 1. The molecule has 1 heterocycles. The van der Waals surface area contributed by atoms with E-state index in [2.05, 4.69) is 5.32 Å². The van der Waals surface area contributed by atoms with Crippen molar-refractivity contribution in [2.45, 2.75) is 17.7 Å². The number of halogens is 1. The molecule has 0 radical (unpaired) electrons. The number of primary amides is 1. The quantitative estimate of drug-likeness (QED) is 0.792. The van der Waals surface area contributed by atoms with Gasteiger partial charge in [0.1, 0.15) is 5.82 Å². The highest BCUT2D eigenvalue weighted by Crippen LogP contribution is 2.25. The predicted octanol–water partition coefficient (Wildman–Crippen LogP) is 1.96. The lowest BCUT2D eigenvalue weighted by atomic mass is 9.98.